The number of imide groups is 1. The SMILES string of the molecule is CC1(C2CC2)NC(=O)N(CC(=O)N(Cc2ccccc2)Cc2ccccc2)C1=O. The van der Waals surface area contributed by atoms with Crippen molar-refractivity contribution in [1.29, 1.82) is 0 Å². The van der Waals surface area contributed by atoms with E-state index in [1.54, 1.807) is 11.8 Å². The predicted octanol–water partition coefficient (Wildman–Crippen LogP) is 2.94. The van der Waals surface area contributed by atoms with Crippen LogP contribution < -0.4 is 5.32 Å². The van der Waals surface area contributed by atoms with Crippen molar-refractivity contribution in [2.24, 2.45) is 5.92 Å². The first-order valence-electron chi connectivity index (χ1n) is 9.97. The predicted molar refractivity (Wildman–Crippen MR) is 109 cm³/mol. The van der Waals surface area contributed by atoms with E-state index in [1.807, 2.05) is 60.7 Å². The lowest BCUT2D eigenvalue weighted by molar-refractivity contribution is -0.139. The Morgan fingerprint density at radius 3 is 2.00 bits per heavy atom. The van der Waals surface area contributed by atoms with Crippen LogP contribution in [0.1, 0.15) is 30.9 Å². The summed E-state index contributed by atoms with van der Waals surface area (Å²) in [7, 11) is 0. The van der Waals surface area contributed by atoms with Crippen LogP contribution >= 0.6 is 0 Å². The van der Waals surface area contributed by atoms with Gasteiger partial charge >= 0.3 is 6.03 Å². The van der Waals surface area contributed by atoms with Gasteiger partial charge in [0, 0.05) is 13.1 Å². The van der Waals surface area contributed by atoms with Crippen LogP contribution in [0.25, 0.3) is 0 Å². The van der Waals surface area contributed by atoms with Gasteiger partial charge < -0.3 is 10.2 Å². The molecular weight excluding hydrogens is 366 g/mol. The van der Waals surface area contributed by atoms with Crippen LogP contribution in [0, 0.1) is 5.92 Å². The molecule has 6 heteroatoms. The standard InChI is InChI=1S/C23H25N3O3/c1-23(19-12-13-19)21(28)26(22(29)24-23)16-20(27)25(14-17-8-4-2-5-9-17)15-18-10-6-3-7-11-18/h2-11,19H,12-16H2,1H3,(H,24,29). The van der Waals surface area contributed by atoms with E-state index < -0.39 is 11.6 Å². The average Bonchev–Trinajstić information content (AvgIpc) is 3.55. The zero-order valence-corrected chi connectivity index (χ0v) is 16.5. The quantitative estimate of drug-likeness (QED) is 0.738. The molecule has 4 amide bonds. The highest BCUT2D eigenvalue weighted by Crippen LogP contribution is 2.42. The first-order chi connectivity index (χ1) is 14.0. The molecule has 1 aliphatic heterocycles. The fourth-order valence-electron chi connectivity index (χ4n) is 3.87. The van der Waals surface area contributed by atoms with Crippen molar-refractivity contribution in [2.45, 2.75) is 38.4 Å². The van der Waals surface area contributed by atoms with Gasteiger partial charge in [0.2, 0.25) is 5.91 Å². The number of hydrogen-bond donors (Lipinski definition) is 1. The number of urea groups is 1. The molecule has 1 aliphatic carbocycles. The van der Waals surface area contributed by atoms with E-state index in [0.717, 1.165) is 28.9 Å². The van der Waals surface area contributed by atoms with Gasteiger partial charge in [-0.2, -0.15) is 0 Å². The Kier molecular flexibility index (Phi) is 5.09. The molecule has 4 rings (SSSR count). The Morgan fingerprint density at radius 1 is 1.00 bits per heavy atom. The largest absolute Gasteiger partial charge is 0.332 e. The minimum Gasteiger partial charge on any atom is -0.332 e. The number of rotatable bonds is 7. The van der Waals surface area contributed by atoms with E-state index in [-0.39, 0.29) is 24.3 Å². The monoisotopic (exact) mass is 391 g/mol. The Morgan fingerprint density at radius 2 is 1.52 bits per heavy atom. The summed E-state index contributed by atoms with van der Waals surface area (Å²) < 4.78 is 0. The molecule has 0 radical (unpaired) electrons. The number of carbonyl (C=O) groups is 3. The number of nitrogens with one attached hydrogen (secondary N) is 1. The lowest BCUT2D eigenvalue weighted by Gasteiger charge is -2.26. The van der Waals surface area contributed by atoms with Crippen LogP contribution in [0.15, 0.2) is 60.7 Å². The normalized spacial score (nSPS) is 21.2. The van der Waals surface area contributed by atoms with Crippen LogP contribution in [-0.2, 0) is 22.7 Å². The van der Waals surface area contributed by atoms with E-state index in [1.165, 1.54) is 0 Å². The van der Waals surface area contributed by atoms with Gasteiger partial charge in [-0.15, -0.1) is 0 Å². The molecular formula is C23H25N3O3. The molecule has 0 aromatic heterocycles. The molecule has 6 nitrogen and oxygen atoms in total. The maximum Gasteiger partial charge on any atom is 0.325 e. The number of benzene rings is 2. The zero-order valence-electron chi connectivity index (χ0n) is 16.5. The molecule has 2 aliphatic rings. The molecule has 1 heterocycles. The Labute approximate surface area is 170 Å². The second-order valence-electron chi connectivity index (χ2n) is 8.02. The highest BCUT2D eigenvalue weighted by Gasteiger charge is 2.56. The summed E-state index contributed by atoms with van der Waals surface area (Å²) in [6, 6.07) is 18.9. The van der Waals surface area contributed by atoms with Gasteiger partial charge in [0.25, 0.3) is 5.91 Å². The fraction of sp³-hybridized carbons (Fsp3) is 0.348. The third kappa shape index (κ3) is 4.01. The topological polar surface area (TPSA) is 69.7 Å². The molecule has 2 fully saturated rings. The summed E-state index contributed by atoms with van der Waals surface area (Å²) in [6.45, 7) is 2.35. The smallest absolute Gasteiger partial charge is 0.325 e. The summed E-state index contributed by atoms with van der Waals surface area (Å²) >= 11 is 0. The number of hydrogen-bond acceptors (Lipinski definition) is 3. The van der Waals surface area contributed by atoms with E-state index in [0.29, 0.717) is 13.1 Å². The van der Waals surface area contributed by atoms with Crippen LogP contribution in [0.4, 0.5) is 4.79 Å². The molecule has 1 saturated heterocycles. The van der Waals surface area contributed by atoms with Gasteiger partial charge in [0.1, 0.15) is 12.1 Å². The molecule has 0 bridgehead atoms. The average molecular weight is 391 g/mol. The van der Waals surface area contributed by atoms with Crippen molar-refractivity contribution in [3.05, 3.63) is 71.8 Å². The molecule has 0 spiro atoms. The minimum absolute atomic E-state index is 0.170. The van der Waals surface area contributed by atoms with Crippen molar-refractivity contribution in [1.82, 2.24) is 15.1 Å². The Bertz CT molecular complexity index is 870. The fourth-order valence-corrected chi connectivity index (χ4v) is 3.87. The van der Waals surface area contributed by atoms with Gasteiger partial charge in [-0.3, -0.25) is 14.5 Å². The number of carbonyl (C=O) groups excluding carboxylic acids is 3. The molecule has 2 aromatic rings. The van der Waals surface area contributed by atoms with Gasteiger partial charge in [-0.1, -0.05) is 60.7 Å². The summed E-state index contributed by atoms with van der Waals surface area (Å²) in [5.41, 5.74) is 1.12. The molecule has 1 saturated carbocycles. The first-order valence-corrected chi connectivity index (χ1v) is 9.97. The highest BCUT2D eigenvalue weighted by atomic mass is 16.2. The van der Waals surface area contributed by atoms with Gasteiger partial charge in [-0.05, 0) is 36.8 Å². The molecule has 1 unspecified atom stereocenters. The first kappa shape index (κ1) is 19.2. The summed E-state index contributed by atoms with van der Waals surface area (Å²) in [6.07, 6.45) is 1.86. The highest BCUT2D eigenvalue weighted by molar-refractivity contribution is 6.09. The Hall–Kier alpha value is -3.15. The zero-order chi connectivity index (χ0) is 20.4. The van der Waals surface area contributed by atoms with Crippen LogP contribution in [0.2, 0.25) is 0 Å². The summed E-state index contributed by atoms with van der Waals surface area (Å²) in [5, 5.41) is 2.80. The maximum absolute atomic E-state index is 13.1. The minimum atomic E-state index is -0.874. The van der Waals surface area contributed by atoms with Gasteiger partial charge in [-0.25, -0.2) is 4.79 Å². The van der Waals surface area contributed by atoms with Crippen molar-refractivity contribution in [2.75, 3.05) is 6.54 Å². The van der Waals surface area contributed by atoms with E-state index in [9.17, 15) is 14.4 Å². The van der Waals surface area contributed by atoms with Crippen LogP contribution in [0.3, 0.4) is 0 Å². The molecule has 150 valence electrons. The summed E-state index contributed by atoms with van der Waals surface area (Å²) in [4.78, 5) is 41.2. The number of nitrogens with zero attached hydrogens (tertiary/aromatic N) is 2. The van der Waals surface area contributed by atoms with Crippen molar-refractivity contribution >= 4 is 17.8 Å². The van der Waals surface area contributed by atoms with Crippen molar-refractivity contribution in [3.8, 4) is 0 Å². The lowest BCUT2D eigenvalue weighted by atomic mass is 9.96. The Balaban J connectivity index is 1.51. The lowest BCUT2D eigenvalue weighted by Crippen LogP contribution is -2.47. The molecule has 1 N–H and O–H groups in total. The maximum atomic E-state index is 13.1. The molecule has 2 aromatic carbocycles. The van der Waals surface area contributed by atoms with Gasteiger partial charge in [0.05, 0.1) is 0 Å². The van der Waals surface area contributed by atoms with Crippen LogP contribution in [-0.4, -0.2) is 39.7 Å². The second kappa shape index (κ2) is 7.70. The third-order valence-corrected chi connectivity index (χ3v) is 5.77. The van der Waals surface area contributed by atoms with Crippen molar-refractivity contribution < 1.29 is 14.4 Å². The summed E-state index contributed by atoms with van der Waals surface area (Å²) in [5.74, 6) is -0.372. The number of amides is 4. The van der Waals surface area contributed by atoms with Crippen LogP contribution in [0.5, 0.6) is 0 Å². The van der Waals surface area contributed by atoms with E-state index >= 15 is 0 Å². The van der Waals surface area contributed by atoms with Gasteiger partial charge in [0.15, 0.2) is 0 Å². The molecule has 29 heavy (non-hydrogen) atoms. The van der Waals surface area contributed by atoms with Crippen molar-refractivity contribution in [3.63, 3.8) is 0 Å². The van der Waals surface area contributed by atoms with E-state index in [2.05, 4.69) is 5.32 Å². The second-order valence-corrected chi connectivity index (χ2v) is 8.02. The van der Waals surface area contributed by atoms with E-state index in [4.69, 9.17) is 0 Å². The molecule has 1 atom stereocenters. The third-order valence-electron chi connectivity index (χ3n) is 5.77.